The summed E-state index contributed by atoms with van der Waals surface area (Å²) < 4.78 is 0. The predicted molar refractivity (Wildman–Crippen MR) is 149 cm³/mol. The molecule has 212 valence electrons. The Morgan fingerprint density at radius 3 is 1.05 bits per heavy atom. The van der Waals surface area contributed by atoms with Crippen molar-refractivity contribution >= 4 is 46.5 Å². The Bertz CT molecular complexity index is 1540. The minimum Gasteiger partial charge on any atom is -0.478 e. The minimum absolute atomic E-state index is 0.0170. The zero-order valence-electron chi connectivity index (χ0n) is 21.3. The second kappa shape index (κ2) is 13.6. The summed E-state index contributed by atoms with van der Waals surface area (Å²) in [7, 11) is 0. The van der Waals surface area contributed by atoms with Gasteiger partial charge in [0, 0.05) is 35.6 Å². The van der Waals surface area contributed by atoms with Gasteiger partial charge in [0.1, 0.15) is 0 Å². The van der Waals surface area contributed by atoms with E-state index in [0.717, 1.165) is 0 Å². The zero-order chi connectivity index (χ0) is 30.8. The molecule has 0 fully saturated rings. The van der Waals surface area contributed by atoms with Gasteiger partial charge in [-0.3, -0.25) is 29.8 Å². The molecule has 14 heteroatoms. The number of hydrogen-bond donors (Lipinski definition) is 4. The van der Waals surface area contributed by atoms with Crippen molar-refractivity contribution in [1.29, 1.82) is 0 Å². The van der Waals surface area contributed by atoms with Crippen molar-refractivity contribution in [1.82, 2.24) is 0 Å². The molecule has 0 spiro atoms. The van der Waals surface area contributed by atoms with Gasteiger partial charge in [-0.15, -0.1) is 0 Å². The van der Waals surface area contributed by atoms with Crippen molar-refractivity contribution in [2.75, 3.05) is 10.6 Å². The van der Waals surface area contributed by atoms with E-state index in [0.29, 0.717) is 11.4 Å². The van der Waals surface area contributed by atoms with Crippen molar-refractivity contribution in [3.05, 3.63) is 140 Å². The number of hydrogen-bond acceptors (Lipinski definition) is 8. The zero-order valence-corrected chi connectivity index (χ0v) is 21.3. The summed E-state index contributed by atoms with van der Waals surface area (Å²) in [5.74, 6) is -3.60. The van der Waals surface area contributed by atoms with Gasteiger partial charge in [0.2, 0.25) is 0 Å². The van der Waals surface area contributed by atoms with Crippen LogP contribution < -0.4 is 10.6 Å². The molecule has 0 unspecified atom stereocenters. The van der Waals surface area contributed by atoms with E-state index in [1.165, 1.54) is 84.9 Å². The van der Waals surface area contributed by atoms with Crippen LogP contribution in [0.5, 0.6) is 0 Å². The summed E-state index contributed by atoms with van der Waals surface area (Å²) in [6, 6.07) is 22.1. The fourth-order valence-corrected chi connectivity index (χ4v) is 3.47. The number of amides is 2. The van der Waals surface area contributed by atoms with Crippen molar-refractivity contribution in [3.63, 3.8) is 0 Å². The minimum atomic E-state index is -1.20. The third-order valence-electron chi connectivity index (χ3n) is 5.48. The molecule has 0 heterocycles. The number of non-ortho nitro benzene ring substituents is 2. The first kappa shape index (κ1) is 30.1. The monoisotopic (exact) mass is 572 g/mol. The Balaban J connectivity index is 0.000000230. The van der Waals surface area contributed by atoms with Gasteiger partial charge in [-0.25, -0.2) is 9.59 Å². The lowest BCUT2D eigenvalue weighted by molar-refractivity contribution is -0.385. The molecule has 0 aliphatic heterocycles. The number of anilines is 2. The largest absolute Gasteiger partial charge is 0.478 e. The molecule has 4 aromatic rings. The summed E-state index contributed by atoms with van der Waals surface area (Å²) in [4.78, 5) is 66.1. The van der Waals surface area contributed by atoms with Gasteiger partial charge in [0.25, 0.3) is 23.2 Å². The van der Waals surface area contributed by atoms with Gasteiger partial charge in [0.05, 0.1) is 32.1 Å². The molecule has 0 radical (unpaired) electrons. The smallest absolute Gasteiger partial charge is 0.336 e. The number of nitrogens with zero attached hydrogens (tertiary/aromatic N) is 2. The lowest BCUT2D eigenvalue weighted by Gasteiger charge is -2.07. The molecule has 0 aromatic heterocycles. The van der Waals surface area contributed by atoms with Crippen molar-refractivity contribution in [2.24, 2.45) is 0 Å². The molecule has 2 amide bonds. The number of rotatable bonds is 8. The third kappa shape index (κ3) is 7.79. The maximum Gasteiger partial charge on any atom is 0.336 e. The molecule has 4 N–H and O–H groups in total. The summed E-state index contributed by atoms with van der Waals surface area (Å²) in [5, 5.41) is 44.1. The number of aromatic carboxylic acids is 2. The van der Waals surface area contributed by atoms with Crippen molar-refractivity contribution < 1.29 is 39.2 Å². The van der Waals surface area contributed by atoms with Crippen LogP contribution in [-0.2, 0) is 0 Å². The third-order valence-corrected chi connectivity index (χ3v) is 5.48. The van der Waals surface area contributed by atoms with E-state index in [1.807, 2.05) is 0 Å². The molecule has 0 aliphatic rings. The molecule has 0 saturated heterocycles. The molecule has 14 nitrogen and oxygen atoms in total. The molecule has 0 aliphatic carbocycles. The highest BCUT2D eigenvalue weighted by Gasteiger charge is 2.17. The topological polar surface area (TPSA) is 219 Å². The maximum atomic E-state index is 12.0. The summed E-state index contributed by atoms with van der Waals surface area (Å²) in [6.07, 6.45) is 0. The van der Waals surface area contributed by atoms with Gasteiger partial charge in [-0.05, 0) is 48.5 Å². The highest BCUT2D eigenvalue weighted by molar-refractivity contribution is 6.11. The molecule has 4 rings (SSSR count). The second-order valence-corrected chi connectivity index (χ2v) is 8.22. The Morgan fingerprint density at radius 2 is 0.786 bits per heavy atom. The Morgan fingerprint density at radius 1 is 0.500 bits per heavy atom. The van der Waals surface area contributed by atoms with E-state index in [9.17, 15) is 39.4 Å². The van der Waals surface area contributed by atoms with Crippen LogP contribution in [0.4, 0.5) is 22.7 Å². The van der Waals surface area contributed by atoms with Gasteiger partial charge in [-0.1, -0.05) is 24.3 Å². The molecular weight excluding hydrogens is 552 g/mol. The summed E-state index contributed by atoms with van der Waals surface area (Å²) in [6.45, 7) is 0. The van der Waals surface area contributed by atoms with Crippen LogP contribution in [0.3, 0.4) is 0 Å². The normalized spacial score (nSPS) is 9.90. The van der Waals surface area contributed by atoms with E-state index in [4.69, 9.17) is 10.2 Å². The molecule has 0 saturated carbocycles. The molecule has 4 aromatic carbocycles. The van der Waals surface area contributed by atoms with E-state index in [1.54, 1.807) is 12.1 Å². The van der Waals surface area contributed by atoms with Gasteiger partial charge < -0.3 is 20.8 Å². The highest BCUT2D eigenvalue weighted by atomic mass is 16.6. The number of carboxylic acids is 2. The Kier molecular flexibility index (Phi) is 9.73. The average Bonchev–Trinajstić information content (AvgIpc) is 2.98. The molecule has 42 heavy (non-hydrogen) atoms. The number of benzene rings is 4. The average molecular weight is 572 g/mol. The van der Waals surface area contributed by atoms with Gasteiger partial charge in [0.15, 0.2) is 0 Å². The van der Waals surface area contributed by atoms with Gasteiger partial charge >= 0.3 is 11.9 Å². The standard InChI is InChI=1S/2C14H10N2O5/c2*17-13(11-3-1-2-4-12(11)14(18)19)15-9-5-7-10(8-6-9)16(20)21/h2*1-8H,(H,15,17)(H,18,19). The lowest BCUT2D eigenvalue weighted by Crippen LogP contribution is -2.16. The van der Waals surface area contributed by atoms with E-state index < -0.39 is 33.6 Å². The van der Waals surface area contributed by atoms with Crippen LogP contribution in [-0.4, -0.2) is 43.8 Å². The number of nitrogens with one attached hydrogen (secondary N) is 2. The molecular formula is C28H20N4O10. The SMILES string of the molecule is O=C(O)c1ccccc1C(=O)Nc1ccc([N+](=O)[O-])cc1.O=C(O)c1ccccc1C(=O)Nc1ccc([N+](=O)[O-])cc1. The first-order valence-electron chi connectivity index (χ1n) is 11.7. The van der Waals surface area contributed by atoms with Crippen LogP contribution in [0.15, 0.2) is 97.1 Å². The van der Waals surface area contributed by atoms with Crippen molar-refractivity contribution in [2.45, 2.75) is 0 Å². The van der Waals surface area contributed by atoms with Crippen LogP contribution in [0, 0.1) is 20.2 Å². The van der Waals surface area contributed by atoms with Gasteiger partial charge in [-0.2, -0.15) is 0 Å². The highest BCUT2D eigenvalue weighted by Crippen LogP contribution is 2.19. The lowest BCUT2D eigenvalue weighted by atomic mass is 10.1. The first-order chi connectivity index (χ1) is 20.0. The van der Waals surface area contributed by atoms with Crippen LogP contribution >= 0.6 is 0 Å². The van der Waals surface area contributed by atoms with E-state index in [-0.39, 0.29) is 33.6 Å². The number of carboxylic acid groups (broad SMARTS) is 2. The number of nitro groups is 2. The van der Waals surface area contributed by atoms with Crippen molar-refractivity contribution in [3.8, 4) is 0 Å². The molecule has 0 atom stereocenters. The van der Waals surface area contributed by atoms with Crippen LogP contribution in [0.2, 0.25) is 0 Å². The number of carbonyl (C=O) groups is 4. The Hall–Kier alpha value is -6.44. The number of carbonyl (C=O) groups excluding carboxylic acids is 2. The summed E-state index contributed by atoms with van der Waals surface area (Å²) >= 11 is 0. The maximum absolute atomic E-state index is 12.0. The predicted octanol–water partition coefficient (Wildman–Crippen LogP) is 5.09. The Labute approximate surface area is 236 Å². The number of nitro benzene ring substituents is 2. The van der Waals surface area contributed by atoms with E-state index >= 15 is 0 Å². The second-order valence-electron chi connectivity index (χ2n) is 8.22. The first-order valence-corrected chi connectivity index (χ1v) is 11.7. The molecule has 0 bridgehead atoms. The van der Waals surface area contributed by atoms with E-state index in [2.05, 4.69) is 10.6 Å². The van der Waals surface area contributed by atoms with Crippen LogP contribution in [0.1, 0.15) is 41.4 Å². The fourth-order valence-electron chi connectivity index (χ4n) is 3.47. The quantitative estimate of drug-likeness (QED) is 0.162. The summed E-state index contributed by atoms with van der Waals surface area (Å²) in [5.41, 5.74) is 0.287. The van der Waals surface area contributed by atoms with Crippen LogP contribution in [0.25, 0.3) is 0 Å². The fraction of sp³-hybridized carbons (Fsp3) is 0.